The molecule has 0 aliphatic heterocycles. The van der Waals surface area contributed by atoms with E-state index < -0.39 is 57.9 Å². The minimum absolute atomic E-state index is 0.0884. The highest BCUT2D eigenvalue weighted by atomic mass is 19.4. The van der Waals surface area contributed by atoms with Gasteiger partial charge in [0.25, 0.3) is 0 Å². The molecule has 0 unspecified atom stereocenters. The van der Waals surface area contributed by atoms with Gasteiger partial charge in [0.2, 0.25) is 0 Å². The molecule has 0 spiro atoms. The minimum Gasteiger partial charge on any atom is -0.506 e. The first-order chi connectivity index (χ1) is 18.1. The third kappa shape index (κ3) is 5.94. The fourth-order valence-corrected chi connectivity index (χ4v) is 3.79. The van der Waals surface area contributed by atoms with E-state index in [0.717, 1.165) is 19.2 Å². The van der Waals surface area contributed by atoms with Crippen LogP contribution >= 0.6 is 0 Å². The third-order valence-electron chi connectivity index (χ3n) is 5.58. The van der Waals surface area contributed by atoms with Crippen LogP contribution in [0.1, 0.15) is 22.4 Å². The van der Waals surface area contributed by atoms with Crippen molar-refractivity contribution >= 4 is 0 Å². The number of alkyl halides is 9. The number of ether oxygens (including phenoxy) is 1. The van der Waals surface area contributed by atoms with E-state index in [1.54, 1.807) is 12.1 Å². The smallest absolute Gasteiger partial charge is 0.433 e. The van der Waals surface area contributed by atoms with Crippen molar-refractivity contribution in [2.24, 2.45) is 7.05 Å². The zero-order valence-corrected chi connectivity index (χ0v) is 19.6. The molecule has 4 aromatic rings. The van der Waals surface area contributed by atoms with Gasteiger partial charge >= 0.3 is 18.5 Å². The molecular weight excluding hydrogens is 545 g/mol. The molecule has 0 saturated heterocycles. The second-order valence-corrected chi connectivity index (χ2v) is 8.32. The number of phenolic OH excluding ortho intramolecular Hbond substituents is 1. The molecule has 0 aliphatic rings. The number of aryl methyl sites for hydroxylation is 1. The molecule has 2 aromatic carbocycles. The van der Waals surface area contributed by atoms with Crippen molar-refractivity contribution < 1.29 is 49.4 Å². The quantitative estimate of drug-likeness (QED) is 0.257. The number of aromatic nitrogens is 3. The lowest BCUT2D eigenvalue weighted by Crippen LogP contribution is -2.11. The van der Waals surface area contributed by atoms with Gasteiger partial charge in [-0.25, -0.2) is 0 Å². The molecule has 1 N–H and O–H groups in total. The average Bonchev–Trinajstić information content (AvgIpc) is 3.24. The van der Waals surface area contributed by atoms with Gasteiger partial charge < -0.3 is 9.84 Å². The summed E-state index contributed by atoms with van der Waals surface area (Å²) in [5, 5.41) is 14.8. The minimum atomic E-state index is -5.19. The van der Waals surface area contributed by atoms with Gasteiger partial charge in [-0.1, -0.05) is 6.07 Å². The number of phenols is 1. The Labute approximate surface area is 214 Å². The first kappa shape index (κ1) is 27.8. The number of benzene rings is 2. The fourth-order valence-electron chi connectivity index (χ4n) is 3.79. The largest absolute Gasteiger partial charge is 0.506 e. The maximum Gasteiger partial charge on any atom is 0.433 e. The first-order valence-corrected chi connectivity index (χ1v) is 10.8. The summed E-state index contributed by atoms with van der Waals surface area (Å²) in [6, 6.07) is 6.60. The summed E-state index contributed by atoms with van der Waals surface area (Å²) in [5.74, 6) is -1.27. The highest BCUT2D eigenvalue weighted by Gasteiger charge is 2.38. The maximum atomic E-state index is 13.5. The molecule has 5 nitrogen and oxygen atoms in total. The van der Waals surface area contributed by atoms with Gasteiger partial charge in [0, 0.05) is 30.6 Å². The Morgan fingerprint density at radius 2 is 1.49 bits per heavy atom. The number of aromatic hydroxyl groups is 1. The highest BCUT2D eigenvalue weighted by molar-refractivity contribution is 5.85. The van der Waals surface area contributed by atoms with E-state index in [1.807, 2.05) is 0 Å². The summed E-state index contributed by atoms with van der Waals surface area (Å²) in [6.07, 6.45) is -12.4. The lowest BCUT2D eigenvalue weighted by Gasteiger charge is -2.19. The van der Waals surface area contributed by atoms with Crippen molar-refractivity contribution in [1.29, 1.82) is 0 Å². The van der Waals surface area contributed by atoms with Gasteiger partial charge in [-0.2, -0.15) is 44.6 Å². The zero-order valence-electron chi connectivity index (χ0n) is 19.6. The molecule has 0 radical (unpaired) electrons. The number of rotatable bonds is 5. The Bertz CT molecular complexity index is 1460. The summed E-state index contributed by atoms with van der Waals surface area (Å²) < 4.78 is 127. The average molecular weight is 561 g/mol. The second kappa shape index (κ2) is 9.82. The summed E-state index contributed by atoms with van der Waals surface area (Å²) in [4.78, 5) is 3.87. The van der Waals surface area contributed by atoms with Crippen LogP contribution in [0, 0.1) is 0 Å². The standard InChI is InChI=1S/C25H16F9N3O2/c1-37-20(25(32,33)34)10-18(36-37)17-4-5-19(39-12-13-3-2-6-35-11-13)21(22(17)38)14-7-15(23(26,27)28)9-16(8-14)24(29,30)31/h2-11,38H,12H2,1H3. The zero-order chi connectivity index (χ0) is 28.8. The van der Waals surface area contributed by atoms with E-state index >= 15 is 0 Å². The molecule has 39 heavy (non-hydrogen) atoms. The SMILES string of the molecule is Cn1nc(-c2ccc(OCc3cccnc3)c(-c3cc(C(F)(F)F)cc(C(F)(F)F)c3)c2O)cc1C(F)(F)F. The molecule has 2 aromatic heterocycles. The third-order valence-corrected chi connectivity index (χ3v) is 5.58. The highest BCUT2D eigenvalue weighted by Crippen LogP contribution is 2.47. The molecule has 4 rings (SSSR count). The van der Waals surface area contributed by atoms with Crippen LogP contribution in [-0.2, 0) is 32.2 Å². The van der Waals surface area contributed by atoms with Crippen LogP contribution in [0.3, 0.4) is 0 Å². The molecule has 0 aliphatic carbocycles. The van der Waals surface area contributed by atoms with E-state index in [0.29, 0.717) is 28.4 Å². The number of hydrogen-bond donors (Lipinski definition) is 1. The molecule has 0 fully saturated rings. The van der Waals surface area contributed by atoms with Crippen LogP contribution < -0.4 is 4.74 Å². The van der Waals surface area contributed by atoms with E-state index in [4.69, 9.17) is 4.74 Å². The van der Waals surface area contributed by atoms with Crippen molar-refractivity contribution in [2.45, 2.75) is 25.1 Å². The number of halogens is 9. The first-order valence-electron chi connectivity index (χ1n) is 10.8. The van der Waals surface area contributed by atoms with Crippen LogP contribution in [0.25, 0.3) is 22.4 Å². The molecule has 14 heteroatoms. The van der Waals surface area contributed by atoms with Gasteiger partial charge in [-0.3, -0.25) is 9.67 Å². The van der Waals surface area contributed by atoms with Gasteiger partial charge in [-0.15, -0.1) is 0 Å². The lowest BCUT2D eigenvalue weighted by molar-refractivity contribution is -0.144. The van der Waals surface area contributed by atoms with Gasteiger partial charge in [0.1, 0.15) is 23.8 Å². The number of hydrogen-bond acceptors (Lipinski definition) is 4. The van der Waals surface area contributed by atoms with Gasteiger partial charge in [0.05, 0.1) is 22.4 Å². The molecule has 0 amide bonds. The number of nitrogens with zero attached hydrogens (tertiary/aromatic N) is 3. The van der Waals surface area contributed by atoms with E-state index in [9.17, 15) is 44.6 Å². The maximum absolute atomic E-state index is 13.5. The predicted octanol–water partition coefficient (Wildman–Crippen LogP) is 7.49. The summed E-state index contributed by atoms with van der Waals surface area (Å²) in [7, 11) is 0.984. The predicted molar refractivity (Wildman–Crippen MR) is 119 cm³/mol. The normalized spacial score (nSPS) is 12.6. The molecule has 206 valence electrons. The Kier molecular flexibility index (Phi) is 7.00. The lowest BCUT2D eigenvalue weighted by atomic mass is 9.95. The van der Waals surface area contributed by atoms with Crippen LogP contribution in [0.4, 0.5) is 39.5 Å². The van der Waals surface area contributed by atoms with E-state index in [2.05, 4.69) is 10.1 Å². The molecular formula is C25H16F9N3O2. The van der Waals surface area contributed by atoms with Gasteiger partial charge in [0.15, 0.2) is 0 Å². The van der Waals surface area contributed by atoms with Crippen LogP contribution in [-0.4, -0.2) is 19.9 Å². The van der Waals surface area contributed by atoms with Crippen molar-refractivity contribution in [3.8, 4) is 33.9 Å². The van der Waals surface area contributed by atoms with Gasteiger partial charge in [-0.05, 0) is 48.0 Å². The topological polar surface area (TPSA) is 60.2 Å². The van der Waals surface area contributed by atoms with Crippen molar-refractivity contribution in [2.75, 3.05) is 0 Å². The number of pyridine rings is 1. The molecule has 0 bridgehead atoms. The van der Waals surface area contributed by atoms with Crippen LogP contribution in [0.5, 0.6) is 11.5 Å². The Morgan fingerprint density at radius 3 is 2.00 bits per heavy atom. The van der Waals surface area contributed by atoms with E-state index in [1.165, 1.54) is 12.4 Å². The monoisotopic (exact) mass is 561 g/mol. The molecule has 2 heterocycles. The molecule has 0 saturated carbocycles. The Hall–Kier alpha value is -4.23. The summed E-state index contributed by atoms with van der Waals surface area (Å²) >= 11 is 0. The van der Waals surface area contributed by atoms with E-state index in [-0.39, 0.29) is 24.0 Å². The van der Waals surface area contributed by atoms with Crippen molar-refractivity contribution in [3.63, 3.8) is 0 Å². The van der Waals surface area contributed by atoms with Crippen molar-refractivity contribution in [3.05, 3.63) is 83.3 Å². The Balaban J connectivity index is 1.95. The summed E-state index contributed by atoms with van der Waals surface area (Å²) in [6.45, 7) is -0.244. The van der Waals surface area contributed by atoms with Crippen LogP contribution in [0.15, 0.2) is 60.9 Å². The molecule has 0 atom stereocenters. The van der Waals surface area contributed by atoms with Crippen molar-refractivity contribution in [1.82, 2.24) is 14.8 Å². The fraction of sp³-hybridized carbons (Fsp3) is 0.200. The second-order valence-electron chi connectivity index (χ2n) is 8.32. The Morgan fingerprint density at radius 1 is 0.846 bits per heavy atom. The summed E-state index contributed by atoms with van der Waals surface area (Å²) in [5.41, 5.74) is -6.18. The van der Waals surface area contributed by atoms with Crippen LogP contribution in [0.2, 0.25) is 0 Å².